The van der Waals surface area contributed by atoms with Crippen LogP contribution >= 0.6 is 12.2 Å². The van der Waals surface area contributed by atoms with Crippen LogP contribution in [0, 0.1) is 4.77 Å². The molecule has 2 aromatic carbocycles. The fraction of sp³-hybridized carbons (Fsp3) is 0. The summed E-state index contributed by atoms with van der Waals surface area (Å²) < 4.78 is 29.8. The largest absolute Gasteiger partial charge is 1.00 e. The molecule has 0 bridgehead atoms. The van der Waals surface area contributed by atoms with E-state index in [1.807, 2.05) is 0 Å². The zero-order chi connectivity index (χ0) is 15.0. The van der Waals surface area contributed by atoms with Gasteiger partial charge in [0.05, 0.1) is 11.0 Å². The molecule has 3 aromatic rings. The molecule has 22 heavy (non-hydrogen) atoms. The third-order valence-electron chi connectivity index (χ3n) is 2.82. The number of hydrogen-bond acceptors (Lipinski definition) is 5. The smallest absolute Gasteiger partial charge is 0.508 e. The van der Waals surface area contributed by atoms with Crippen LogP contribution in [0.1, 0.15) is 0 Å². The van der Waals surface area contributed by atoms with Gasteiger partial charge in [-0.2, -0.15) is 8.42 Å². The van der Waals surface area contributed by atoms with E-state index in [2.05, 4.69) is 9.97 Å². The van der Waals surface area contributed by atoms with Gasteiger partial charge in [0, 0.05) is 0 Å². The van der Waals surface area contributed by atoms with Gasteiger partial charge in [0.15, 0.2) is 4.77 Å². The molecule has 0 aliphatic rings. The number of aromatic amines is 2. The van der Waals surface area contributed by atoms with Gasteiger partial charge >= 0.3 is 39.7 Å². The predicted octanol–water partition coefficient (Wildman–Crippen LogP) is -0.297. The number of H-pyrrole nitrogens is 2. The first-order chi connectivity index (χ1) is 9.94. The summed E-state index contributed by atoms with van der Waals surface area (Å²) in [7, 11) is -3.96. The number of benzene rings is 2. The Kier molecular flexibility index (Phi) is 4.98. The van der Waals surface area contributed by atoms with Gasteiger partial charge in [0.1, 0.15) is 16.4 Å². The Morgan fingerprint density at radius 1 is 1.00 bits per heavy atom. The number of hydrogen-bond donors (Lipinski definition) is 3. The topological polar surface area (TPSA) is 95.2 Å². The Labute approximate surface area is 153 Å². The number of fused-ring (bicyclic) bond motifs is 1. The maximum absolute atomic E-state index is 12.2. The predicted molar refractivity (Wildman–Crippen MR) is 79.4 cm³/mol. The van der Waals surface area contributed by atoms with Crippen molar-refractivity contribution in [2.45, 2.75) is 4.90 Å². The number of aromatic nitrogens is 2. The molecule has 3 rings (SSSR count). The van der Waals surface area contributed by atoms with Crippen molar-refractivity contribution >= 4 is 33.4 Å². The minimum atomic E-state index is -3.96. The van der Waals surface area contributed by atoms with Crippen LogP contribution in [-0.2, 0) is 10.1 Å². The van der Waals surface area contributed by atoms with Gasteiger partial charge in [-0.25, -0.2) is 0 Å². The Balaban J connectivity index is 0.00000176. The molecule has 0 amide bonds. The van der Waals surface area contributed by atoms with Crippen molar-refractivity contribution < 1.29 is 47.3 Å². The summed E-state index contributed by atoms with van der Waals surface area (Å²) in [5, 5.41) is 9.17. The summed E-state index contributed by atoms with van der Waals surface area (Å²) in [6.07, 6.45) is 0. The molecule has 0 atom stereocenters. The van der Waals surface area contributed by atoms with Crippen molar-refractivity contribution in [1.82, 2.24) is 9.97 Å². The Morgan fingerprint density at radius 2 is 1.64 bits per heavy atom. The van der Waals surface area contributed by atoms with Crippen molar-refractivity contribution in [3.05, 3.63) is 47.2 Å². The second kappa shape index (κ2) is 6.43. The third-order valence-corrected chi connectivity index (χ3v) is 4.27. The molecule has 0 aliphatic carbocycles. The van der Waals surface area contributed by atoms with Gasteiger partial charge in [-0.05, 0) is 54.7 Å². The molecule has 0 radical (unpaired) electrons. The standard InChI is InChI=1S/C13H10N2O4S2.Na/c16-8-1-3-9(4-2-8)19-21(17,18)10-5-6-11-12(7-10)15-13(20)14-11;/h1-7,16H,(H2,14,15,20);/q;+1. The van der Waals surface area contributed by atoms with E-state index in [-0.39, 0.29) is 46.0 Å². The first kappa shape index (κ1) is 17.0. The molecule has 0 saturated heterocycles. The third kappa shape index (κ3) is 3.53. The first-order valence-electron chi connectivity index (χ1n) is 5.90. The normalized spacial score (nSPS) is 11.1. The van der Waals surface area contributed by atoms with Crippen molar-refractivity contribution in [3.8, 4) is 11.5 Å². The molecule has 0 aliphatic heterocycles. The van der Waals surface area contributed by atoms with Crippen molar-refractivity contribution in [2.24, 2.45) is 0 Å². The number of imidazole rings is 1. The van der Waals surface area contributed by atoms with E-state index in [9.17, 15) is 13.5 Å². The average Bonchev–Trinajstić information content (AvgIpc) is 2.80. The number of phenols is 1. The number of rotatable bonds is 3. The van der Waals surface area contributed by atoms with Crippen molar-refractivity contribution in [2.75, 3.05) is 0 Å². The van der Waals surface area contributed by atoms with Crippen LogP contribution < -0.4 is 33.7 Å². The van der Waals surface area contributed by atoms with Gasteiger partial charge in [-0.1, -0.05) is 0 Å². The fourth-order valence-electron chi connectivity index (χ4n) is 1.84. The molecule has 3 N–H and O–H groups in total. The maximum atomic E-state index is 12.2. The minimum absolute atomic E-state index is 0. The summed E-state index contributed by atoms with van der Waals surface area (Å²) in [4.78, 5) is 5.75. The summed E-state index contributed by atoms with van der Waals surface area (Å²) in [5.41, 5.74) is 1.29. The van der Waals surface area contributed by atoms with Gasteiger partial charge in [-0.3, -0.25) is 0 Å². The zero-order valence-electron chi connectivity index (χ0n) is 11.5. The van der Waals surface area contributed by atoms with Gasteiger partial charge < -0.3 is 19.3 Å². The summed E-state index contributed by atoms with van der Waals surface area (Å²) in [6.45, 7) is 0. The number of phenolic OH excluding ortho intramolecular Hbond substituents is 1. The molecule has 0 unspecified atom stereocenters. The summed E-state index contributed by atoms with van der Waals surface area (Å²) in [5.74, 6) is 0.149. The molecule has 0 fully saturated rings. The van der Waals surface area contributed by atoms with E-state index in [4.69, 9.17) is 16.4 Å². The SMILES string of the molecule is O=S(=O)(Oc1ccc(O)cc1)c1ccc2[nH]c(=S)[nH]c2c1.[Na+]. The van der Waals surface area contributed by atoms with E-state index in [0.29, 0.717) is 15.8 Å². The first-order valence-corrected chi connectivity index (χ1v) is 7.71. The van der Waals surface area contributed by atoms with Gasteiger partial charge in [0.25, 0.3) is 0 Å². The van der Waals surface area contributed by atoms with E-state index >= 15 is 0 Å². The van der Waals surface area contributed by atoms with Crippen molar-refractivity contribution in [3.63, 3.8) is 0 Å². The average molecular weight is 345 g/mol. The Bertz CT molecular complexity index is 962. The Morgan fingerprint density at radius 3 is 2.32 bits per heavy atom. The number of nitrogens with one attached hydrogen (secondary N) is 2. The Hall–Kier alpha value is -1.32. The molecule has 0 spiro atoms. The van der Waals surface area contributed by atoms with Crippen LogP contribution in [0.3, 0.4) is 0 Å². The van der Waals surface area contributed by atoms with E-state index in [1.54, 1.807) is 6.07 Å². The molecule has 6 nitrogen and oxygen atoms in total. The molecular weight excluding hydrogens is 335 g/mol. The van der Waals surface area contributed by atoms with E-state index < -0.39 is 10.1 Å². The number of aromatic hydroxyl groups is 1. The second-order valence-electron chi connectivity index (χ2n) is 4.32. The van der Waals surface area contributed by atoms with Crippen LogP contribution in [0.5, 0.6) is 11.5 Å². The molecule has 1 heterocycles. The second-order valence-corrected chi connectivity index (χ2v) is 6.27. The van der Waals surface area contributed by atoms with Crippen molar-refractivity contribution in [1.29, 1.82) is 0 Å². The van der Waals surface area contributed by atoms with Crippen LogP contribution in [-0.4, -0.2) is 23.5 Å². The fourth-order valence-corrected chi connectivity index (χ4v) is 3.02. The monoisotopic (exact) mass is 345 g/mol. The molecular formula is C13H10N2NaO4S2+. The maximum Gasteiger partial charge on any atom is 1.00 e. The molecule has 1 aromatic heterocycles. The van der Waals surface area contributed by atoms with Crippen LogP contribution in [0.15, 0.2) is 47.4 Å². The minimum Gasteiger partial charge on any atom is -0.508 e. The molecule has 108 valence electrons. The van der Waals surface area contributed by atoms with Gasteiger partial charge in [0.2, 0.25) is 0 Å². The van der Waals surface area contributed by atoms with Crippen LogP contribution in [0.4, 0.5) is 0 Å². The summed E-state index contributed by atoms with van der Waals surface area (Å²) in [6, 6.07) is 9.91. The van der Waals surface area contributed by atoms with E-state index in [0.717, 1.165) is 0 Å². The molecule has 0 saturated carbocycles. The van der Waals surface area contributed by atoms with Crippen LogP contribution in [0.25, 0.3) is 11.0 Å². The molecule has 9 heteroatoms. The van der Waals surface area contributed by atoms with Crippen LogP contribution in [0.2, 0.25) is 0 Å². The quantitative estimate of drug-likeness (QED) is 0.344. The van der Waals surface area contributed by atoms with E-state index in [1.165, 1.54) is 36.4 Å². The van der Waals surface area contributed by atoms with Gasteiger partial charge in [-0.15, -0.1) is 0 Å². The summed E-state index contributed by atoms with van der Waals surface area (Å²) >= 11 is 4.95. The zero-order valence-corrected chi connectivity index (χ0v) is 15.2.